The monoisotopic (exact) mass is 534 g/mol. The molecule has 2 heterocycles. The molecular formula is C40H26N2. The Kier molecular flexibility index (Phi) is 4.93. The van der Waals surface area contributed by atoms with Crippen LogP contribution in [0.4, 0.5) is 0 Å². The number of hydrogen-bond donors (Lipinski definition) is 0. The fourth-order valence-corrected chi connectivity index (χ4v) is 6.83. The number of para-hydroxylation sites is 2. The van der Waals surface area contributed by atoms with E-state index in [1.54, 1.807) is 0 Å². The SMILES string of the molecule is c1ccc(-c2cccc(-n3c4ccccc4c4ccc5c(c6ccccc6n5-c5ccc6ccccc6c5)c43)c2)cc1. The first-order valence-corrected chi connectivity index (χ1v) is 14.5. The Morgan fingerprint density at radius 2 is 1.00 bits per heavy atom. The van der Waals surface area contributed by atoms with E-state index in [1.165, 1.54) is 71.2 Å². The van der Waals surface area contributed by atoms with Crippen LogP contribution in [0.5, 0.6) is 0 Å². The molecule has 0 atom stereocenters. The zero-order valence-electron chi connectivity index (χ0n) is 22.9. The molecule has 0 N–H and O–H groups in total. The Morgan fingerprint density at radius 3 is 1.86 bits per heavy atom. The predicted molar refractivity (Wildman–Crippen MR) is 178 cm³/mol. The molecule has 7 aromatic carbocycles. The Hall–Kier alpha value is -5.60. The summed E-state index contributed by atoms with van der Waals surface area (Å²) in [6, 6.07) is 57.2. The van der Waals surface area contributed by atoms with Crippen molar-refractivity contribution in [2.75, 3.05) is 0 Å². The number of fused-ring (bicyclic) bond motifs is 8. The summed E-state index contributed by atoms with van der Waals surface area (Å²) < 4.78 is 4.90. The smallest absolute Gasteiger partial charge is 0.0641 e. The molecule has 0 amide bonds. The molecule has 0 fully saturated rings. The highest BCUT2D eigenvalue weighted by molar-refractivity contribution is 6.26. The van der Waals surface area contributed by atoms with E-state index in [0.717, 1.165) is 5.69 Å². The summed E-state index contributed by atoms with van der Waals surface area (Å²) >= 11 is 0. The summed E-state index contributed by atoms with van der Waals surface area (Å²) in [5, 5.41) is 7.57. The molecule has 0 aliphatic rings. The highest BCUT2D eigenvalue weighted by Gasteiger charge is 2.20. The van der Waals surface area contributed by atoms with Crippen molar-refractivity contribution in [3.63, 3.8) is 0 Å². The molecule has 0 radical (unpaired) electrons. The maximum Gasteiger partial charge on any atom is 0.0641 e. The summed E-state index contributed by atoms with van der Waals surface area (Å²) in [7, 11) is 0. The quantitative estimate of drug-likeness (QED) is 0.213. The van der Waals surface area contributed by atoms with Crippen LogP contribution in [0.3, 0.4) is 0 Å². The minimum atomic E-state index is 1.16. The van der Waals surface area contributed by atoms with Crippen molar-refractivity contribution in [2.24, 2.45) is 0 Å². The average Bonchev–Trinajstić information content (AvgIpc) is 3.58. The molecule has 0 aliphatic carbocycles. The number of nitrogens with zero attached hydrogens (tertiary/aromatic N) is 2. The van der Waals surface area contributed by atoms with Crippen molar-refractivity contribution in [2.45, 2.75) is 0 Å². The summed E-state index contributed by atoms with van der Waals surface area (Å²) in [6.45, 7) is 0. The van der Waals surface area contributed by atoms with Crippen LogP contribution in [-0.2, 0) is 0 Å². The van der Waals surface area contributed by atoms with Crippen LogP contribution in [0.25, 0.3) is 76.9 Å². The first-order chi connectivity index (χ1) is 20.8. The second-order valence-corrected chi connectivity index (χ2v) is 11.0. The minimum absolute atomic E-state index is 1.16. The highest BCUT2D eigenvalue weighted by atomic mass is 15.0. The van der Waals surface area contributed by atoms with E-state index in [1.807, 2.05) is 0 Å². The minimum Gasteiger partial charge on any atom is -0.309 e. The van der Waals surface area contributed by atoms with Crippen molar-refractivity contribution in [1.82, 2.24) is 9.13 Å². The normalized spacial score (nSPS) is 11.8. The van der Waals surface area contributed by atoms with Crippen LogP contribution >= 0.6 is 0 Å². The van der Waals surface area contributed by atoms with Gasteiger partial charge in [0.1, 0.15) is 0 Å². The van der Waals surface area contributed by atoms with Crippen molar-refractivity contribution in [3.05, 3.63) is 158 Å². The molecule has 0 unspecified atom stereocenters. The van der Waals surface area contributed by atoms with Gasteiger partial charge in [-0.3, -0.25) is 0 Å². The van der Waals surface area contributed by atoms with Gasteiger partial charge in [0.2, 0.25) is 0 Å². The van der Waals surface area contributed by atoms with E-state index >= 15 is 0 Å². The molecule has 2 heteroatoms. The van der Waals surface area contributed by atoms with Gasteiger partial charge in [-0.25, -0.2) is 0 Å². The molecule has 0 saturated carbocycles. The molecule has 0 aliphatic heterocycles. The van der Waals surface area contributed by atoms with Crippen molar-refractivity contribution in [1.29, 1.82) is 0 Å². The van der Waals surface area contributed by atoms with E-state index in [0.29, 0.717) is 0 Å². The molecule has 2 aromatic heterocycles. The fraction of sp³-hybridized carbons (Fsp3) is 0. The van der Waals surface area contributed by atoms with Gasteiger partial charge in [-0.15, -0.1) is 0 Å². The van der Waals surface area contributed by atoms with E-state index in [2.05, 4.69) is 167 Å². The van der Waals surface area contributed by atoms with Gasteiger partial charge in [0, 0.05) is 32.9 Å². The van der Waals surface area contributed by atoms with Crippen LogP contribution in [0.15, 0.2) is 158 Å². The topological polar surface area (TPSA) is 9.86 Å². The van der Waals surface area contributed by atoms with Crippen LogP contribution < -0.4 is 0 Å². The molecule has 9 aromatic rings. The predicted octanol–water partition coefficient (Wildman–Crippen LogP) is 10.7. The van der Waals surface area contributed by atoms with Gasteiger partial charge in [-0.2, -0.15) is 0 Å². The number of aromatic nitrogens is 2. The third-order valence-corrected chi connectivity index (χ3v) is 8.67. The fourth-order valence-electron chi connectivity index (χ4n) is 6.83. The van der Waals surface area contributed by atoms with Gasteiger partial charge in [0.25, 0.3) is 0 Å². The summed E-state index contributed by atoms with van der Waals surface area (Å²) in [5.41, 5.74) is 9.66. The van der Waals surface area contributed by atoms with Gasteiger partial charge < -0.3 is 9.13 Å². The van der Waals surface area contributed by atoms with E-state index in [4.69, 9.17) is 0 Å². The molecule has 0 bridgehead atoms. The number of rotatable bonds is 3. The second kappa shape index (κ2) is 8.95. The van der Waals surface area contributed by atoms with Crippen LogP contribution in [0, 0.1) is 0 Å². The lowest BCUT2D eigenvalue weighted by molar-refractivity contribution is 1.18. The Labute approximate surface area is 243 Å². The van der Waals surface area contributed by atoms with Gasteiger partial charge in [0.15, 0.2) is 0 Å². The molecule has 9 rings (SSSR count). The van der Waals surface area contributed by atoms with E-state index < -0.39 is 0 Å². The zero-order chi connectivity index (χ0) is 27.6. The number of benzene rings is 7. The number of hydrogen-bond acceptors (Lipinski definition) is 0. The van der Waals surface area contributed by atoms with Gasteiger partial charge in [0.05, 0.1) is 22.1 Å². The Morgan fingerprint density at radius 1 is 0.333 bits per heavy atom. The molecule has 0 saturated heterocycles. The van der Waals surface area contributed by atoms with Gasteiger partial charge in [-0.1, -0.05) is 115 Å². The molecular weight excluding hydrogens is 508 g/mol. The summed E-state index contributed by atoms with van der Waals surface area (Å²) in [6.07, 6.45) is 0. The van der Waals surface area contributed by atoms with Gasteiger partial charge >= 0.3 is 0 Å². The summed E-state index contributed by atoms with van der Waals surface area (Å²) in [4.78, 5) is 0. The molecule has 42 heavy (non-hydrogen) atoms. The summed E-state index contributed by atoms with van der Waals surface area (Å²) in [5.74, 6) is 0. The van der Waals surface area contributed by atoms with Crippen molar-refractivity contribution < 1.29 is 0 Å². The Balaban J connectivity index is 1.42. The third-order valence-electron chi connectivity index (χ3n) is 8.67. The lowest BCUT2D eigenvalue weighted by atomic mass is 10.0. The largest absolute Gasteiger partial charge is 0.309 e. The first-order valence-electron chi connectivity index (χ1n) is 14.5. The van der Waals surface area contributed by atoms with E-state index in [-0.39, 0.29) is 0 Å². The maximum absolute atomic E-state index is 2.47. The first kappa shape index (κ1) is 23.1. The third kappa shape index (κ3) is 3.33. The highest BCUT2D eigenvalue weighted by Crippen LogP contribution is 2.42. The molecule has 0 spiro atoms. The molecule has 2 nitrogen and oxygen atoms in total. The van der Waals surface area contributed by atoms with Crippen LogP contribution in [0.2, 0.25) is 0 Å². The standard InChI is InChI=1S/C40H26N2/c1-2-11-27(12-3-1)30-15-10-16-31(25-30)42-36-19-8-6-17-33(36)34-23-24-38-39(40(34)42)35-18-7-9-20-37(35)41(38)32-22-21-28-13-4-5-14-29(28)26-32/h1-26H. The lowest BCUT2D eigenvalue weighted by Crippen LogP contribution is -1.96. The lowest BCUT2D eigenvalue weighted by Gasteiger charge is -2.12. The maximum atomic E-state index is 2.47. The van der Waals surface area contributed by atoms with Gasteiger partial charge in [-0.05, 0) is 64.4 Å². The average molecular weight is 535 g/mol. The van der Waals surface area contributed by atoms with Crippen molar-refractivity contribution in [3.8, 4) is 22.5 Å². The van der Waals surface area contributed by atoms with Crippen molar-refractivity contribution >= 4 is 54.4 Å². The zero-order valence-corrected chi connectivity index (χ0v) is 22.9. The second-order valence-electron chi connectivity index (χ2n) is 11.0. The van der Waals surface area contributed by atoms with Crippen LogP contribution in [-0.4, -0.2) is 9.13 Å². The Bertz CT molecular complexity index is 2460. The molecule has 196 valence electrons. The van der Waals surface area contributed by atoms with Crippen LogP contribution in [0.1, 0.15) is 0 Å². The van der Waals surface area contributed by atoms with E-state index in [9.17, 15) is 0 Å².